The van der Waals surface area contributed by atoms with E-state index in [1.165, 1.54) is 0 Å². The highest BCUT2D eigenvalue weighted by Crippen LogP contribution is 2.09. The molecule has 0 aliphatic heterocycles. The summed E-state index contributed by atoms with van der Waals surface area (Å²) in [5.41, 5.74) is 5.41. The van der Waals surface area contributed by atoms with Gasteiger partial charge in [-0.1, -0.05) is 25.4 Å². The summed E-state index contributed by atoms with van der Waals surface area (Å²) in [6.45, 7) is 5.59. The summed E-state index contributed by atoms with van der Waals surface area (Å²) in [7, 11) is 1.60. The fourth-order valence-electron chi connectivity index (χ4n) is 1.43. The van der Waals surface area contributed by atoms with Crippen molar-refractivity contribution in [3.63, 3.8) is 0 Å². The predicted octanol–water partition coefficient (Wildman–Crippen LogP) is 1.03. The van der Waals surface area contributed by atoms with Gasteiger partial charge in [-0.25, -0.2) is 0 Å². The Labute approximate surface area is 109 Å². The third-order valence-electron chi connectivity index (χ3n) is 2.90. The van der Waals surface area contributed by atoms with Crippen LogP contribution in [0.3, 0.4) is 0 Å². The molecule has 1 amide bonds. The number of amidine groups is 1. The summed E-state index contributed by atoms with van der Waals surface area (Å²) in [6, 6.07) is 0. The maximum atomic E-state index is 12.0. The molecule has 6 nitrogen and oxygen atoms in total. The molecule has 106 valence electrons. The molecule has 1 atom stereocenters. The van der Waals surface area contributed by atoms with Crippen LogP contribution in [0.5, 0.6) is 0 Å². The van der Waals surface area contributed by atoms with Crippen LogP contribution in [0.2, 0.25) is 0 Å². The highest BCUT2D eigenvalue weighted by molar-refractivity contribution is 5.81. The van der Waals surface area contributed by atoms with Gasteiger partial charge in [0, 0.05) is 33.0 Å². The number of nitrogens with two attached hydrogens (primary N) is 1. The quantitative estimate of drug-likeness (QED) is 0.280. The second kappa shape index (κ2) is 9.70. The van der Waals surface area contributed by atoms with Gasteiger partial charge in [0.25, 0.3) is 0 Å². The van der Waals surface area contributed by atoms with Crippen molar-refractivity contribution in [2.24, 2.45) is 16.8 Å². The first kappa shape index (κ1) is 16.7. The summed E-state index contributed by atoms with van der Waals surface area (Å²) in [6.07, 6.45) is 1.87. The molecule has 18 heavy (non-hydrogen) atoms. The van der Waals surface area contributed by atoms with Crippen molar-refractivity contribution in [1.29, 1.82) is 0 Å². The Balaban J connectivity index is 4.32. The van der Waals surface area contributed by atoms with E-state index < -0.39 is 0 Å². The lowest BCUT2D eigenvalue weighted by atomic mass is 10.0. The van der Waals surface area contributed by atoms with E-state index in [2.05, 4.69) is 19.0 Å². The van der Waals surface area contributed by atoms with Crippen LogP contribution >= 0.6 is 0 Å². The molecule has 1 unspecified atom stereocenters. The lowest BCUT2D eigenvalue weighted by Gasteiger charge is -2.23. The molecular weight excluding hydrogens is 234 g/mol. The summed E-state index contributed by atoms with van der Waals surface area (Å²) in [4.78, 5) is 13.7. The first-order chi connectivity index (χ1) is 8.54. The SMILES string of the molecule is CCC(C)CC(=O)N(CCOC)CCC(N)=NO. The molecule has 6 heteroatoms. The molecule has 0 aromatic heterocycles. The molecule has 0 rings (SSSR count). The molecule has 0 radical (unpaired) electrons. The van der Waals surface area contributed by atoms with Crippen LogP contribution in [0.4, 0.5) is 0 Å². The van der Waals surface area contributed by atoms with Gasteiger partial charge in [-0.05, 0) is 5.92 Å². The zero-order chi connectivity index (χ0) is 14.0. The van der Waals surface area contributed by atoms with Gasteiger partial charge in [-0.3, -0.25) is 4.79 Å². The average Bonchev–Trinajstić information content (AvgIpc) is 2.37. The van der Waals surface area contributed by atoms with Gasteiger partial charge >= 0.3 is 0 Å². The first-order valence-electron chi connectivity index (χ1n) is 6.28. The molecular formula is C12H25N3O3. The molecule has 0 heterocycles. The van der Waals surface area contributed by atoms with Crippen LogP contribution in [0.25, 0.3) is 0 Å². The van der Waals surface area contributed by atoms with Gasteiger partial charge < -0.3 is 20.6 Å². The number of hydrogen-bond acceptors (Lipinski definition) is 4. The molecule has 0 saturated carbocycles. The lowest BCUT2D eigenvalue weighted by Crippen LogP contribution is -2.37. The summed E-state index contributed by atoms with van der Waals surface area (Å²) < 4.78 is 4.98. The number of carbonyl (C=O) groups is 1. The van der Waals surface area contributed by atoms with Gasteiger partial charge in [0.15, 0.2) is 0 Å². The Morgan fingerprint density at radius 1 is 1.50 bits per heavy atom. The van der Waals surface area contributed by atoms with Crippen molar-refractivity contribution in [2.45, 2.75) is 33.1 Å². The largest absolute Gasteiger partial charge is 0.409 e. The van der Waals surface area contributed by atoms with E-state index in [4.69, 9.17) is 15.7 Å². The van der Waals surface area contributed by atoms with Gasteiger partial charge in [-0.15, -0.1) is 0 Å². The molecule has 0 aliphatic rings. The van der Waals surface area contributed by atoms with Gasteiger partial charge in [-0.2, -0.15) is 0 Å². The van der Waals surface area contributed by atoms with E-state index in [-0.39, 0.29) is 11.7 Å². The maximum Gasteiger partial charge on any atom is 0.222 e. The number of oxime groups is 1. The van der Waals surface area contributed by atoms with Crippen molar-refractivity contribution in [3.8, 4) is 0 Å². The van der Waals surface area contributed by atoms with E-state index in [1.54, 1.807) is 12.0 Å². The molecule has 3 N–H and O–H groups in total. The van der Waals surface area contributed by atoms with Crippen molar-refractivity contribution in [2.75, 3.05) is 26.8 Å². The van der Waals surface area contributed by atoms with E-state index in [1.807, 2.05) is 0 Å². The van der Waals surface area contributed by atoms with E-state index in [0.29, 0.717) is 38.5 Å². The van der Waals surface area contributed by atoms with Crippen LogP contribution in [0, 0.1) is 5.92 Å². The lowest BCUT2D eigenvalue weighted by molar-refractivity contribution is -0.132. The van der Waals surface area contributed by atoms with Crippen LogP contribution in [0.15, 0.2) is 5.16 Å². The minimum absolute atomic E-state index is 0.0899. The summed E-state index contributed by atoms with van der Waals surface area (Å²) in [5, 5.41) is 11.4. The Morgan fingerprint density at radius 3 is 2.67 bits per heavy atom. The van der Waals surface area contributed by atoms with Gasteiger partial charge in [0.1, 0.15) is 5.84 Å². The number of carbonyl (C=O) groups excluding carboxylic acids is 1. The summed E-state index contributed by atoms with van der Waals surface area (Å²) in [5.74, 6) is 0.590. The maximum absolute atomic E-state index is 12.0. The average molecular weight is 259 g/mol. The second-order valence-corrected chi connectivity index (χ2v) is 4.43. The number of amides is 1. The van der Waals surface area contributed by atoms with Crippen molar-refractivity contribution in [1.82, 2.24) is 4.90 Å². The Hall–Kier alpha value is -1.30. The standard InChI is InChI=1S/C12H25N3O3/c1-4-10(2)9-12(16)15(7-8-18-3)6-5-11(13)14-17/h10,17H,4-9H2,1-3H3,(H2,13,14). The van der Waals surface area contributed by atoms with Crippen LogP contribution in [-0.2, 0) is 9.53 Å². The number of rotatable bonds is 9. The fourth-order valence-corrected chi connectivity index (χ4v) is 1.43. The van der Waals surface area contributed by atoms with Crippen LogP contribution < -0.4 is 5.73 Å². The highest BCUT2D eigenvalue weighted by atomic mass is 16.5. The molecule has 0 aliphatic carbocycles. The van der Waals surface area contributed by atoms with Crippen LogP contribution in [-0.4, -0.2) is 48.7 Å². The van der Waals surface area contributed by atoms with Crippen LogP contribution in [0.1, 0.15) is 33.1 Å². The number of hydrogen-bond donors (Lipinski definition) is 2. The van der Waals surface area contributed by atoms with E-state index >= 15 is 0 Å². The Bertz CT molecular complexity index is 269. The third-order valence-corrected chi connectivity index (χ3v) is 2.90. The Morgan fingerprint density at radius 2 is 2.17 bits per heavy atom. The van der Waals surface area contributed by atoms with Gasteiger partial charge in [0.05, 0.1) is 6.61 Å². The topological polar surface area (TPSA) is 88.2 Å². The molecule has 0 saturated heterocycles. The van der Waals surface area contributed by atoms with Crippen molar-refractivity contribution < 1.29 is 14.7 Å². The van der Waals surface area contributed by atoms with E-state index in [0.717, 1.165) is 6.42 Å². The monoisotopic (exact) mass is 259 g/mol. The number of methoxy groups -OCH3 is 1. The number of nitrogens with zero attached hydrogens (tertiary/aromatic N) is 2. The zero-order valence-corrected chi connectivity index (χ0v) is 11.6. The molecule has 0 aromatic rings. The Kier molecular flexibility index (Phi) is 9.00. The molecule has 0 aromatic carbocycles. The number of ether oxygens (including phenoxy) is 1. The van der Waals surface area contributed by atoms with E-state index in [9.17, 15) is 4.79 Å². The zero-order valence-electron chi connectivity index (χ0n) is 11.6. The predicted molar refractivity (Wildman–Crippen MR) is 70.6 cm³/mol. The van der Waals surface area contributed by atoms with Crippen molar-refractivity contribution in [3.05, 3.63) is 0 Å². The summed E-state index contributed by atoms with van der Waals surface area (Å²) >= 11 is 0. The minimum Gasteiger partial charge on any atom is -0.409 e. The second-order valence-electron chi connectivity index (χ2n) is 4.43. The fraction of sp³-hybridized carbons (Fsp3) is 0.833. The third kappa shape index (κ3) is 7.11. The van der Waals surface area contributed by atoms with Crippen molar-refractivity contribution >= 4 is 11.7 Å². The first-order valence-corrected chi connectivity index (χ1v) is 6.28. The molecule has 0 bridgehead atoms. The highest BCUT2D eigenvalue weighted by Gasteiger charge is 2.16. The minimum atomic E-state index is 0.0899. The smallest absolute Gasteiger partial charge is 0.222 e. The molecule has 0 fully saturated rings. The normalized spacial score (nSPS) is 13.4. The van der Waals surface area contributed by atoms with Gasteiger partial charge in [0.2, 0.25) is 5.91 Å². The molecule has 0 spiro atoms.